The maximum atomic E-state index is 12.1. The molecule has 1 aliphatic carbocycles. The highest BCUT2D eigenvalue weighted by Gasteiger charge is 2.36. The molecule has 4 nitrogen and oxygen atoms in total. The van der Waals surface area contributed by atoms with Gasteiger partial charge < -0.3 is 0 Å². The first-order valence-electron chi connectivity index (χ1n) is 5.95. The normalized spacial score (nSPS) is 22.4. The Labute approximate surface area is 123 Å². The molecule has 0 saturated carbocycles. The lowest BCUT2D eigenvalue weighted by molar-refractivity contribution is -0.120. The van der Waals surface area contributed by atoms with Gasteiger partial charge in [0.25, 0.3) is 0 Å². The summed E-state index contributed by atoms with van der Waals surface area (Å²) in [4.78, 5) is 12.1. The van der Waals surface area contributed by atoms with Crippen molar-refractivity contribution >= 4 is 27.4 Å². The molecule has 0 saturated heterocycles. The van der Waals surface area contributed by atoms with Gasteiger partial charge in [-0.25, -0.2) is 13.6 Å². The number of sulfonamides is 1. The Kier molecular flexibility index (Phi) is 3.86. The highest BCUT2D eigenvalue weighted by atomic mass is 35.5. The standard InChI is InChI=1S/C14H14ClNO3S/c1-10(17)14(11-2-4-12(15)5-3-11)8-6-13(7-9-14)20(16,18)19/h2-8H,9H2,1H3,(H2,16,18,19). The third-order valence-electron chi connectivity index (χ3n) is 3.47. The summed E-state index contributed by atoms with van der Waals surface area (Å²) in [5, 5.41) is 5.66. The first-order valence-corrected chi connectivity index (χ1v) is 7.87. The number of nitrogens with two attached hydrogens (primary N) is 1. The fraction of sp³-hybridized carbons (Fsp3) is 0.214. The summed E-state index contributed by atoms with van der Waals surface area (Å²) in [5.41, 5.74) is -0.0888. The molecule has 0 aromatic heterocycles. The lowest BCUT2D eigenvalue weighted by atomic mass is 9.72. The van der Waals surface area contributed by atoms with Crippen molar-refractivity contribution in [2.75, 3.05) is 0 Å². The quantitative estimate of drug-likeness (QED) is 0.930. The fourth-order valence-electron chi connectivity index (χ4n) is 2.26. The van der Waals surface area contributed by atoms with Crippen LogP contribution in [0.15, 0.2) is 47.4 Å². The zero-order valence-corrected chi connectivity index (χ0v) is 12.4. The van der Waals surface area contributed by atoms with E-state index in [0.29, 0.717) is 5.02 Å². The minimum absolute atomic E-state index is 0.0309. The number of halogens is 1. The molecule has 0 amide bonds. The van der Waals surface area contributed by atoms with Crippen LogP contribution in [0.3, 0.4) is 0 Å². The molecule has 0 bridgehead atoms. The summed E-state index contributed by atoms with van der Waals surface area (Å²) in [6.07, 6.45) is 4.71. The van der Waals surface area contributed by atoms with E-state index >= 15 is 0 Å². The second-order valence-corrected chi connectivity index (χ2v) is 6.72. The van der Waals surface area contributed by atoms with Crippen molar-refractivity contribution in [3.05, 3.63) is 58.0 Å². The van der Waals surface area contributed by atoms with Crippen molar-refractivity contribution in [1.82, 2.24) is 0 Å². The molecule has 2 N–H and O–H groups in total. The Bertz CT molecular complexity index is 704. The van der Waals surface area contributed by atoms with E-state index < -0.39 is 15.4 Å². The Morgan fingerprint density at radius 3 is 2.30 bits per heavy atom. The summed E-state index contributed by atoms with van der Waals surface area (Å²) in [6.45, 7) is 1.48. The van der Waals surface area contributed by atoms with Gasteiger partial charge in [-0.1, -0.05) is 35.9 Å². The van der Waals surface area contributed by atoms with Crippen molar-refractivity contribution in [2.24, 2.45) is 5.14 Å². The molecule has 0 spiro atoms. The Morgan fingerprint density at radius 1 is 1.30 bits per heavy atom. The molecule has 1 aromatic carbocycles. The minimum Gasteiger partial charge on any atom is -0.299 e. The largest absolute Gasteiger partial charge is 0.299 e. The van der Waals surface area contributed by atoms with Crippen LogP contribution >= 0.6 is 11.6 Å². The molecule has 1 atom stereocenters. The molecule has 20 heavy (non-hydrogen) atoms. The zero-order valence-electron chi connectivity index (χ0n) is 10.8. The highest BCUT2D eigenvalue weighted by Crippen LogP contribution is 2.36. The number of benzene rings is 1. The summed E-state index contributed by atoms with van der Waals surface area (Å²) >= 11 is 5.85. The number of rotatable bonds is 3. The van der Waals surface area contributed by atoms with Crippen LogP contribution < -0.4 is 5.14 Å². The summed E-state index contributed by atoms with van der Waals surface area (Å²) in [7, 11) is -3.75. The summed E-state index contributed by atoms with van der Waals surface area (Å²) < 4.78 is 22.6. The monoisotopic (exact) mass is 311 g/mol. The number of carbonyl (C=O) groups is 1. The number of hydrogen-bond acceptors (Lipinski definition) is 3. The number of hydrogen-bond donors (Lipinski definition) is 1. The van der Waals surface area contributed by atoms with E-state index in [1.165, 1.54) is 19.1 Å². The second kappa shape index (κ2) is 5.16. The van der Waals surface area contributed by atoms with Crippen LogP contribution in [0.1, 0.15) is 18.9 Å². The smallest absolute Gasteiger partial charge is 0.237 e. The molecule has 0 heterocycles. The van der Waals surface area contributed by atoms with Gasteiger partial charge in [0, 0.05) is 5.02 Å². The molecule has 1 unspecified atom stereocenters. The topological polar surface area (TPSA) is 77.2 Å². The lowest BCUT2D eigenvalue weighted by Crippen LogP contribution is -2.33. The fourth-order valence-corrected chi connectivity index (χ4v) is 2.96. The molecule has 106 valence electrons. The van der Waals surface area contributed by atoms with E-state index in [2.05, 4.69) is 0 Å². The number of carbonyl (C=O) groups excluding carboxylic acids is 1. The molecule has 1 aliphatic rings. The molecular weight excluding hydrogens is 298 g/mol. The average molecular weight is 312 g/mol. The predicted molar refractivity (Wildman–Crippen MR) is 78.8 cm³/mol. The molecule has 0 radical (unpaired) electrons. The number of allylic oxidation sites excluding steroid dienone is 3. The summed E-state index contributed by atoms with van der Waals surface area (Å²) in [5.74, 6) is -0.0687. The van der Waals surface area contributed by atoms with E-state index in [1.807, 2.05) is 0 Å². The van der Waals surface area contributed by atoms with Gasteiger partial charge in [0.2, 0.25) is 10.0 Å². The van der Waals surface area contributed by atoms with Crippen LogP contribution in [0, 0.1) is 0 Å². The van der Waals surface area contributed by atoms with E-state index in [9.17, 15) is 13.2 Å². The van der Waals surface area contributed by atoms with E-state index in [0.717, 1.165) is 5.56 Å². The maximum absolute atomic E-state index is 12.1. The van der Waals surface area contributed by atoms with E-state index in [1.54, 1.807) is 30.3 Å². The third-order valence-corrected chi connectivity index (χ3v) is 4.69. The van der Waals surface area contributed by atoms with Gasteiger partial charge in [-0.2, -0.15) is 0 Å². The van der Waals surface area contributed by atoms with Gasteiger partial charge in [0.15, 0.2) is 0 Å². The van der Waals surface area contributed by atoms with Crippen LogP contribution in [0.25, 0.3) is 0 Å². The lowest BCUT2D eigenvalue weighted by Gasteiger charge is -2.30. The molecule has 0 aliphatic heterocycles. The minimum atomic E-state index is -3.75. The van der Waals surface area contributed by atoms with Gasteiger partial charge in [0.05, 0.1) is 10.3 Å². The van der Waals surface area contributed by atoms with Crippen molar-refractivity contribution in [2.45, 2.75) is 18.8 Å². The van der Waals surface area contributed by atoms with Crippen molar-refractivity contribution < 1.29 is 13.2 Å². The predicted octanol–water partition coefficient (Wildman–Crippen LogP) is 2.30. The van der Waals surface area contributed by atoms with Crippen LogP contribution in [-0.2, 0) is 20.2 Å². The van der Waals surface area contributed by atoms with Gasteiger partial charge in [-0.15, -0.1) is 0 Å². The molecule has 1 aromatic rings. The molecular formula is C14H14ClNO3S. The van der Waals surface area contributed by atoms with Crippen LogP contribution in [0.2, 0.25) is 5.02 Å². The van der Waals surface area contributed by atoms with Crippen LogP contribution in [0.5, 0.6) is 0 Å². The van der Waals surface area contributed by atoms with Crippen molar-refractivity contribution in [3.63, 3.8) is 0 Å². The molecule has 2 rings (SSSR count). The van der Waals surface area contributed by atoms with Gasteiger partial charge in [0.1, 0.15) is 5.78 Å². The zero-order chi connectivity index (χ0) is 15.0. The third kappa shape index (κ3) is 2.70. The van der Waals surface area contributed by atoms with Gasteiger partial charge in [-0.3, -0.25) is 4.79 Å². The van der Waals surface area contributed by atoms with Gasteiger partial charge >= 0.3 is 0 Å². The Balaban J connectivity index is 2.47. The Morgan fingerprint density at radius 2 is 1.90 bits per heavy atom. The van der Waals surface area contributed by atoms with E-state index in [-0.39, 0.29) is 17.1 Å². The SMILES string of the molecule is CC(=O)C1(c2ccc(Cl)cc2)C=CC(S(N)(=O)=O)=CC1. The first kappa shape index (κ1) is 15.0. The van der Waals surface area contributed by atoms with Crippen molar-refractivity contribution in [3.8, 4) is 0 Å². The first-order chi connectivity index (χ1) is 9.25. The molecule has 0 fully saturated rings. The number of primary sulfonamides is 1. The second-order valence-electron chi connectivity index (χ2n) is 4.72. The summed E-state index contributed by atoms with van der Waals surface area (Å²) in [6, 6.07) is 6.94. The van der Waals surface area contributed by atoms with Crippen LogP contribution in [0.4, 0.5) is 0 Å². The van der Waals surface area contributed by atoms with E-state index in [4.69, 9.17) is 16.7 Å². The highest BCUT2D eigenvalue weighted by molar-refractivity contribution is 7.93. The van der Waals surface area contributed by atoms with Gasteiger partial charge in [-0.05, 0) is 37.1 Å². The number of ketones is 1. The maximum Gasteiger partial charge on any atom is 0.237 e. The molecule has 6 heteroatoms. The Hall–Kier alpha value is -1.43. The van der Waals surface area contributed by atoms with Crippen LogP contribution in [-0.4, -0.2) is 14.2 Å². The average Bonchev–Trinajstić information content (AvgIpc) is 2.38. The van der Waals surface area contributed by atoms with Crippen molar-refractivity contribution in [1.29, 1.82) is 0 Å². The number of Topliss-reactive ketones (excluding diaryl/α,β-unsaturated/α-hetero) is 1.